The maximum atomic E-state index is 13.3. The highest BCUT2D eigenvalue weighted by atomic mass is 35.5. The van der Waals surface area contributed by atoms with E-state index in [2.05, 4.69) is 5.32 Å². The molecule has 0 spiro atoms. The summed E-state index contributed by atoms with van der Waals surface area (Å²) >= 11 is 5.32. The van der Waals surface area contributed by atoms with Gasteiger partial charge in [-0.1, -0.05) is 19.9 Å². The third kappa shape index (κ3) is 3.20. The van der Waals surface area contributed by atoms with E-state index in [1.165, 1.54) is 6.07 Å². The fourth-order valence-corrected chi connectivity index (χ4v) is 1.25. The number of benzene rings is 1. The molecule has 0 bridgehead atoms. The lowest BCUT2D eigenvalue weighted by Gasteiger charge is -2.09. The van der Waals surface area contributed by atoms with Crippen LogP contribution in [0, 0.1) is 5.82 Å². The highest BCUT2D eigenvalue weighted by Gasteiger charge is 2.08. The number of carbonyl (C=O) groups is 1. The molecule has 15 heavy (non-hydrogen) atoms. The highest BCUT2D eigenvalue weighted by Crippen LogP contribution is 2.21. The van der Waals surface area contributed by atoms with Crippen molar-refractivity contribution in [2.75, 3.05) is 11.2 Å². The van der Waals surface area contributed by atoms with Gasteiger partial charge in [-0.3, -0.25) is 4.79 Å². The van der Waals surface area contributed by atoms with E-state index in [0.717, 1.165) is 5.56 Å². The topological polar surface area (TPSA) is 29.1 Å². The molecule has 0 radical (unpaired) electrons. The van der Waals surface area contributed by atoms with E-state index >= 15 is 0 Å². The van der Waals surface area contributed by atoms with Crippen LogP contribution in [-0.4, -0.2) is 11.8 Å². The molecule has 2 nitrogen and oxygen atoms in total. The molecule has 1 aromatic carbocycles. The van der Waals surface area contributed by atoms with Gasteiger partial charge in [-0.25, -0.2) is 4.39 Å². The average Bonchev–Trinajstić information content (AvgIpc) is 2.20. The maximum absolute atomic E-state index is 13.3. The molecule has 0 aliphatic heterocycles. The summed E-state index contributed by atoms with van der Waals surface area (Å²) in [6.07, 6.45) is 0. The van der Waals surface area contributed by atoms with Crippen molar-refractivity contribution in [3.05, 3.63) is 29.6 Å². The third-order valence-electron chi connectivity index (χ3n) is 2.05. The van der Waals surface area contributed by atoms with E-state index in [4.69, 9.17) is 11.6 Å². The van der Waals surface area contributed by atoms with Crippen molar-refractivity contribution in [1.82, 2.24) is 0 Å². The second-order valence-electron chi connectivity index (χ2n) is 3.58. The molecule has 0 saturated carbocycles. The summed E-state index contributed by atoms with van der Waals surface area (Å²) in [5.41, 5.74) is 1.16. The molecule has 0 atom stereocenters. The van der Waals surface area contributed by atoms with Gasteiger partial charge in [0.1, 0.15) is 11.7 Å². The Kier molecular flexibility index (Phi) is 4.09. The van der Waals surface area contributed by atoms with Crippen molar-refractivity contribution in [2.45, 2.75) is 19.8 Å². The number of rotatable bonds is 3. The normalized spacial score (nSPS) is 10.5. The first-order valence-corrected chi connectivity index (χ1v) is 5.23. The first kappa shape index (κ1) is 12.0. The van der Waals surface area contributed by atoms with E-state index < -0.39 is 11.7 Å². The Morgan fingerprint density at radius 2 is 2.20 bits per heavy atom. The minimum Gasteiger partial charge on any atom is -0.323 e. The van der Waals surface area contributed by atoms with Crippen molar-refractivity contribution < 1.29 is 9.18 Å². The van der Waals surface area contributed by atoms with Crippen molar-refractivity contribution in [3.8, 4) is 0 Å². The van der Waals surface area contributed by atoms with Gasteiger partial charge in [-0.05, 0) is 23.6 Å². The first-order valence-electron chi connectivity index (χ1n) is 4.70. The SMILES string of the molecule is CC(C)c1ccc(F)c(NC(=O)CCl)c1. The van der Waals surface area contributed by atoms with E-state index in [-0.39, 0.29) is 17.5 Å². The first-order chi connectivity index (χ1) is 7.04. The number of alkyl halides is 1. The highest BCUT2D eigenvalue weighted by molar-refractivity contribution is 6.29. The van der Waals surface area contributed by atoms with Gasteiger partial charge in [-0.2, -0.15) is 0 Å². The molecule has 1 amide bonds. The monoisotopic (exact) mass is 229 g/mol. The number of nitrogens with one attached hydrogen (secondary N) is 1. The Morgan fingerprint density at radius 3 is 2.73 bits per heavy atom. The molecular weight excluding hydrogens is 217 g/mol. The van der Waals surface area contributed by atoms with Gasteiger partial charge < -0.3 is 5.32 Å². The molecule has 1 N–H and O–H groups in total. The number of amides is 1. The number of anilines is 1. The summed E-state index contributed by atoms with van der Waals surface area (Å²) in [6.45, 7) is 4.00. The zero-order valence-electron chi connectivity index (χ0n) is 8.68. The lowest BCUT2D eigenvalue weighted by Crippen LogP contribution is -2.14. The van der Waals surface area contributed by atoms with Gasteiger partial charge in [0, 0.05) is 0 Å². The Hall–Kier alpha value is -1.09. The van der Waals surface area contributed by atoms with Crippen LogP contribution in [0.3, 0.4) is 0 Å². The Labute approximate surface area is 93.4 Å². The lowest BCUT2D eigenvalue weighted by molar-refractivity contribution is -0.113. The summed E-state index contributed by atoms with van der Waals surface area (Å²) < 4.78 is 13.3. The van der Waals surface area contributed by atoms with Crippen molar-refractivity contribution in [3.63, 3.8) is 0 Å². The lowest BCUT2D eigenvalue weighted by atomic mass is 10.0. The van der Waals surface area contributed by atoms with Gasteiger partial charge in [0.25, 0.3) is 0 Å². The van der Waals surface area contributed by atoms with Crippen LogP contribution in [0.15, 0.2) is 18.2 Å². The van der Waals surface area contributed by atoms with Gasteiger partial charge in [0.05, 0.1) is 5.69 Å². The van der Waals surface area contributed by atoms with Crippen LogP contribution in [0.25, 0.3) is 0 Å². The molecule has 1 aromatic rings. The zero-order valence-corrected chi connectivity index (χ0v) is 9.44. The second-order valence-corrected chi connectivity index (χ2v) is 3.84. The van der Waals surface area contributed by atoms with Crippen LogP contribution >= 0.6 is 11.6 Å². The zero-order chi connectivity index (χ0) is 11.4. The van der Waals surface area contributed by atoms with E-state index in [1.54, 1.807) is 12.1 Å². The second kappa shape index (κ2) is 5.12. The van der Waals surface area contributed by atoms with Crippen LogP contribution in [0.4, 0.5) is 10.1 Å². The van der Waals surface area contributed by atoms with Crippen LogP contribution < -0.4 is 5.32 Å². The summed E-state index contributed by atoms with van der Waals surface area (Å²) in [6, 6.07) is 4.68. The van der Waals surface area contributed by atoms with Crippen molar-refractivity contribution in [1.29, 1.82) is 0 Å². The summed E-state index contributed by atoms with van der Waals surface area (Å²) in [4.78, 5) is 11.0. The molecule has 0 fully saturated rings. The number of hydrogen-bond donors (Lipinski definition) is 1. The smallest absolute Gasteiger partial charge is 0.239 e. The molecule has 0 unspecified atom stereocenters. The van der Waals surface area contributed by atoms with Crippen LogP contribution in [0.5, 0.6) is 0 Å². The molecular formula is C11H13ClFNO. The van der Waals surface area contributed by atoms with Crippen molar-refractivity contribution >= 4 is 23.2 Å². The summed E-state index contributed by atoms with van der Waals surface area (Å²) in [7, 11) is 0. The third-order valence-corrected chi connectivity index (χ3v) is 2.30. The molecule has 0 aliphatic rings. The predicted molar refractivity (Wildman–Crippen MR) is 59.8 cm³/mol. The van der Waals surface area contributed by atoms with Crippen molar-refractivity contribution in [2.24, 2.45) is 0 Å². The molecule has 0 heterocycles. The number of hydrogen-bond acceptors (Lipinski definition) is 1. The fourth-order valence-electron chi connectivity index (χ4n) is 1.18. The van der Waals surface area contributed by atoms with Gasteiger partial charge in [-0.15, -0.1) is 11.6 Å². The maximum Gasteiger partial charge on any atom is 0.239 e. The quantitative estimate of drug-likeness (QED) is 0.793. The Balaban J connectivity index is 2.95. The summed E-state index contributed by atoms with van der Waals surface area (Å²) in [5.74, 6) is -0.739. The van der Waals surface area contributed by atoms with E-state index in [0.29, 0.717) is 0 Å². The van der Waals surface area contributed by atoms with Crippen LogP contribution in [-0.2, 0) is 4.79 Å². The van der Waals surface area contributed by atoms with Gasteiger partial charge in [0.15, 0.2) is 0 Å². The van der Waals surface area contributed by atoms with Gasteiger partial charge in [0.2, 0.25) is 5.91 Å². The molecule has 0 aromatic heterocycles. The minimum absolute atomic E-state index is 0.175. The molecule has 4 heteroatoms. The van der Waals surface area contributed by atoms with Crippen LogP contribution in [0.1, 0.15) is 25.3 Å². The fraction of sp³-hybridized carbons (Fsp3) is 0.364. The summed E-state index contributed by atoms with van der Waals surface area (Å²) in [5, 5.41) is 2.41. The molecule has 1 rings (SSSR count). The predicted octanol–water partition coefficient (Wildman–Crippen LogP) is 3.13. The largest absolute Gasteiger partial charge is 0.323 e. The minimum atomic E-state index is -0.446. The Bertz CT molecular complexity index is 366. The van der Waals surface area contributed by atoms with Gasteiger partial charge >= 0.3 is 0 Å². The molecule has 0 aliphatic carbocycles. The number of halogens is 2. The Morgan fingerprint density at radius 1 is 1.53 bits per heavy atom. The average molecular weight is 230 g/mol. The number of carbonyl (C=O) groups excluding carboxylic acids is 1. The standard InChI is InChI=1S/C11H13ClFNO/c1-7(2)8-3-4-9(13)10(5-8)14-11(15)6-12/h3-5,7H,6H2,1-2H3,(H,14,15). The van der Waals surface area contributed by atoms with Crippen LogP contribution in [0.2, 0.25) is 0 Å². The molecule has 82 valence electrons. The van der Waals surface area contributed by atoms with E-state index in [9.17, 15) is 9.18 Å². The van der Waals surface area contributed by atoms with E-state index in [1.807, 2.05) is 13.8 Å². The molecule has 0 saturated heterocycles.